The van der Waals surface area contributed by atoms with Crippen molar-refractivity contribution in [3.05, 3.63) is 47.0 Å². The molecule has 0 bridgehead atoms. The Hall–Kier alpha value is -2.32. The highest BCUT2D eigenvalue weighted by molar-refractivity contribution is 5.33. The summed E-state index contributed by atoms with van der Waals surface area (Å²) in [5, 5.41) is 12.4. The minimum absolute atomic E-state index is 0.388. The van der Waals surface area contributed by atoms with Gasteiger partial charge in [0.2, 0.25) is 0 Å². The fourth-order valence-corrected chi connectivity index (χ4v) is 2.44. The standard InChI is InChI=1S/C15H16N4O/c1-11-4-2-3-5-14(11)20-10-15-18-12(8-16)13-9-17-6-7-19(13)15/h2-5,17H,6-7,9-10H2,1H3. The predicted molar refractivity (Wildman–Crippen MR) is 74.2 cm³/mol. The smallest absolute Gasteiger partial charge is 0.163 e. The summed E-state index contributed by atoms with van der Waals surface area (Å²) in [6.07, 6.45) is 0. The number of para-hydroxylation sites is 1. The summed E-state index contributed by atoms with van der Waals surface area (Å²) >= 11 is 0. The van der Waals surface area contributed by atoms with Gasteiger partial charge in [0.25, 0.3) is 0 Å². The minimum Gasteiger partial charge on any atom is -0.485 e. The number of nitrogens with zero attached hydrogens (tertiary/aromatic N) is 3. The maximum Gasteiger partial charge on any atom is 0.163 e. The van der Waals surface area contributed by atoms with Crippen LogP contribution >= 0.6 is 0 Å². The Morgan fingerprint density at radius 2 is 2.30 bits per heavy atom. The van der Waals surface area contributed by atoms with Crippen LogP contribution in [0.1, 0.15) is 22.8 Å². The van der Waals surface area contributed by atoms with Gasteiger partial charge >= 0.3 is 0 Å². The lowest BCUT2D eigenvalue weighted by Crippen LogP contribution is -2.29. The van der Waals surface area contributed by atoms with Crippen molar-refractivity contribution < 1.29 is 4.74 Å². The van der Waals surface area contributed by atoms with Crippen LogP contribution in [0, 0.1) is 18.3 Å². The molecule has 0 aliphatic carbocycles. The van der Waals surface area contributed by atoms with Gasteiger partial charge in [0.05, 0.1) is 5.69 Å². The van der Waals surface area contributed by atoms with Crippen molar-refractivity contribution in [2.24, 2.45) is 0 Å². The van der Waals surface area contributed by atoms with Gasteiger partial charge in [-0.3, -0.25) is 0 Å². The Labute approximate surface area is 117 Å². The molecule has 0 fully saturated rings. The van der Waals surface area contributed by atoms with E-state index in [1.54, 1.807) is 0 Å². The number of nitrogens with one attached hydrogen (secondary N) is 1. The molecule has 1 N–H and O–H groups in total. The molecule has 5 nitrogen and oxygen atoms in total. The molecule has 3 rings (SSSR count). The molecule has 102 valence electrons. The topological polar surface area (TPSA) is 62.9 Å². The molecule has 1 aliphatic rings. The zero-order valence-corrected chi connectivity index (χ0v) is 11.4. The fraction of sp³-hybridized carbons (Fsp3) is 0.333. The first-order valence-corrected chi connectivity index (χ1v) is 6.67. The predicted octanol–water partition coefficient (Wildman–Crippen LogP) is 1.75. The number of aromatic nitrogens is 2. The summed E-state index contributed by atoms with van der Waals surface area (Å²) in [5.41, 5.74) is 2.56. The van der Waals surface area contributed by atoms with Crippen LogP contribution in [0.25, 0.3) is 0 Å². The maximum absolute atomic E-state index is 9.14. The molecule has 0 saturated carbocycles. The first-order valence-electron chi connectivity index (χ1n) is 6.67. The second kappa shape index (κ2) is 5.35. The lowest BCUT2D eigenvalue weighted by molar-refractivity contribution is 0.284. The number of hydrogen-bond donors (Lipinski definition) is 1. The van der Waals surface area contributed by atoms with Gasteiger partial charge in [-0.1, -0.05) is 18.2 Å². The molecule has 0 spiro atoms. The number of hydrogen-bond acceptors (Lipinski definition) is 4. The van der Waals surface area contributed by atoms with Gasteiger partial charge < -0.3 is 14.6 Å². The van der Waals surface area contributed by atoms with Crippen LogP contribution in [-0.4, -0.2) is 16.1 Å². The van der Waals surface area contributed by atoms with Gasteiger partial charge in [-0.05, 0) is 18.6 Å². The third-order valence-corrected chi connectivity index (χ3v) is 3.51. The van der Waals surface area contributed by atoms with Crippen LogP contribution in [0.4, 0.5) is 0 Å². The highest BCUT2D eigenvalue weighted by Crippen LogP contribution is 2.20. The highest BCUT2D eigenvalue weighted by Gasteiger charge is 2.19. The fourth-order valence-electron chi connectivity index (χ4n) is 2.44. The summed E-state index contributed by atoms with van der Waals surface area (Å²) < 4.78 is 7.92. The number of nitriles is 1. The van der Waals surface area contributed by atoms with Gasteiger partial charge in [0.15, 0.2) is 5.69 Å². The quantitative estimate of drug-likeness (QED) is 0.921. The number of aryl methyl sites for hydroxylation is 1. The zero-order valence-electron chi connectivity index (χ0n) is 11.4. The van der Waals surface area contributed by atoms with Crippen molar-refractivity contribution >= 4 is 0 Å². The van der Waals surface area contributed by atoms with Crippen molar-refractivity contribution in [3.8, 4) is 11.8 Å². The van der Waals surface area contributed by atoms with Crippen molar-refractivity contribution in [1.29, 1.82) is 5.26 Å². The Morgan fingerprint density at radius 1 is 1.45 bits per heavy atom. The van der Waals surface area contributed by atoms with E-state index in [9.17, 15) is 0 Å². The number of ether oxygens (including phenoxy) is 1. The van der Waals surface area contributed by atoms with E-state index < -0.39 is 0 Å². The van der Waals surface area contributed by atoms with Crippen molar-refractivity contribution in [2.75, 3.05) is 6.54 Å². The molecule has 1 aromatic heterocycles. The molecular formula is C15H16N4O. The van der Waals surface area contributed by atoms with Crippen LogP contribution < -0.4 is 10.1 Å². The van der Waals surface area contributed by atoms with Crippen molar-refractivity contribution in [1.82, 2.24) is 14.9 Å². The van der Waals surface area contributed by atoms with E-state index in [-0.39, 0.29) is 0 Å². The highest BCUT2D eigenvalue weighted by atomic mass is 16.5. The van der Waals surface area contributed by atoms with E-state index in [4.69, 9.17) is 10.00 Å². The monoisotopic (exact) mass is 268 g/mol. The van der Waals surface area contributed by atoms with E-state index >= 15 is 0 Å². The van der Waals surface area contributed by atoms with Gasteiger partial charge in [-0.2, -0.15) is 5.26 Å². The van der Waals surface area contributed by atoms with Gasteiger partial charge in [-0.25, -0.2) is 4.98 Å². The van der Waals surface area contributed by atoms with Crippen molar-refractivity contribution in [2.45, 2.75) is 26.6 Å². The Bertz CT molecular complexity index is 669. The molecule has 20 heavy (non-hydrogen) atoms. The third-order valence-electron chi connectivity index (χ3n) is 3.51. The molecule has 0 atom stereocenters. The van der Waals surface area contributed by atoms with E-state index in [1.165, 1.54) is 0 Å². The van der Waals surface area contributed by atoms with Crippen molar-refractivity contribution in [3.63, 3.8) is 0 Å². The summed E-state index contributed by atoms with van der Waals surface area (Å²) in [6, 6.07) is 10.1. The van der Waals surface area contributed by atoms with Gasteiger partial charge in [0, 0.05) is 19.6 Å². The van der Waals surface area contributed by atoms with E-state index in [2.05, 4.69) is 20.9 Å². The van der Waals surface area contributed by atoms with E-state index in [0.717, 1.165) is 35.9 Å². The molecule has 5 heteroatoms. The Kier molecular flexibility index (Phi) is 3.40. The number of imidazole rings is 1. The first kappa shape index (κ1) is 12.7. The SMILES string of the molecule is Cc1ccccc1OCc1nc(C#N)c2n1CCNC2. The molecule has 1 aromatic carbocycles. The Morgan fingerprint density at radius 3 is 3.10 bits per heavy atom. The molecule has 0 radical (unpaired) electrons. The Balaban J connectivity index is 1.83. The number of fused-ring (bicyclic) bond motifs is 1. The largest absolute Gasteiger partial charge is 0.485 e. The molecule has 2 aromatic rings. The van der Waals surface area contributed by atoms with Crippen LogP contribution in [-0.2, 0) is 19.7 Å². The molecule has 0 amide bonds. The summed E-state index contributed by atoms with van der Waals surface area (Å²) in [5.74, 6) is 1.68. The van der Waals surface area contributed by atoms with Crippen LogP contribution in [0.2, 0.25) is 0 Å². The number of rotatable bonds is 3. The zero-order chi connectivity index (χ0) is 13.9. The number of benzene rings is 1. The minimum atomic E-state index is 0.388. The second-order valence-electron chi connectivity index (χ2n) is 4.82. The molecular weight excluding hydrogens is 252 g/mol. The van der Waals surface area contributed by atoms with Crippen LogP contribution in [0.5, 0.6) is 5.75 Å². The third kappa shape index (κ3) is 2.26. The summed E-state index contributed by atoms with van der Waals surface area (Å²) in [7, 11) is 0. The van der Waals surface area contributed by atoms with E-state index in [0.29, 0.717) is 18.8 Å². The lowest BCUT2D eigenvalue weighted by Gasteiger charge is -2.18. The molecule has 0 unspecified atom stereocenters. The second-order valence-corrected chi connectivity index (χ2v) is 4.82. The summed E-state index contributed by atoms with van der Waals surface area (Å²) in [4.78, 5) is 4.39. The average molecular weight is 268 g/mol. The molecule has 2 heterocycles. The van der Waals surface area contributed by atoms with Crippen LogP contribution in [0.3, 0.4) is 0 Å². The molecule has 0 saturated heterocycles. The summed E-state index contributed by atoms with van der Waals surface area (Å²) in [6.45, 7) is 4.82. The lowest BCUT2D eigenvalue weighted by atomic mass is 10.2. The maximum atomic E-state index is 9.14. The average Bonchev–Trinajstić information content (AvgIpc) is 2.85. The van der Waals surface area contributed by atoms with Gasteiger partial charge in [-0.15, -0.1) is 0 Å². The van der Waals surface area contributed by atoms with Gasteiger partial charge in [0.1, 0.15) is 24.3 Å². The normalized spacial score (nSPS) is 13.6. The molecule has 1 aliphatic heterocycles. The van der Waals surface area contributed by atoms with Crippen LogP contribution in [0.15, 0.2) is 24.3 Å². The van der Waals surface area contributed by atoms with E-state index in [1.807, 2.05) is 31.2 Å². The first-order chi connectivity index (χ1) is 9.79.